The van der Waals surface area contributed by atoms with Crippen molar-refractivity contribution in [3.05, 3.63) is 69.3 Å². The van der Waals surface area contributed by atoms with E-state index in [4.69, 9.17) is 0 Å². The first-order chi connectivity index (χ1) is 9.15. The standard InChI is InChI=1S/C15H15IO2S/c16-14-8-6-13(7-9-14)15(17)11-19(18)10-12-4-2-1-3-5-12/h1-9,15,17H,10-11H2. The molecule has 0 saturated heterocycles. The summed E-state index contributed by atoms with van der Waals surface area (Å²) in [6, 6.07) is 17.4. The predicted molar refractivity (Wildman–Crippen MR) is 87.3 cm³/mol. The zero-order valence-electron chi connectivity index (χ0n) is 10.3. The van der Waals surface area contributed by atoms with Crippen LogP contribution >= 0.6 is 22.6 Å². The van der Waals surface area contributed by atoms with Crippen molar-refractivity contribution in [1.82, 2.24) is 0 Å². The van der Waals surface area contributed by atoms with Crippen LogP contribution < -0.4 is 0 Å². The maximum atomic E-state index is 12.0. The molecule has 0 bridgehead atoms. The summed E-state index contributed by atoms with van der Waals surface area (Å²) < 4.78 is 13.1. The van der Waals surface area contributed by atoms with Crippen LogP contribution in [-0.4, -0.2) is 15.4 Å². The van der Waals surface area contributed by atoms with Crippen LogP contribution in [0.1, 0.15) is 17.2 Å². The summed E-state index contributed by atoms with van der Waals surface area (Å²) in [5, 5.41) is 10.1. The summed E-state index contributed by atoms with van der Waals surface area (Å²) in [5.41, 5.74) is 1.86. The van der Waals surface area contributed by atoms with Gasteiger partial charge in [0, 0.05) is 9.13 Å². The lowest BCUT2D eigenvalue weighted by Crippen LogP contribution is -2.16. The Morgan fingerprint density at radius 1 is 1.05 bits per heavy atom. The number of hydrogen-bond donors (Lipinski definition) is 1. The Morgan fingerprint density at radius 2 is 1.68 bits per heavy atom. The van der Waals surface area contributed by atoms with Gasteiger partial charge in [0.1, 0.15) is 17.6 Å². The van der Waals surface area contributed by atoms with E-state index in [1.807, 2.05) is 54.6 Å². The molecule has 2 unspecified atom stereocenters. The third-order valence-corrected chi connectivity index (χ3v) is 4.83. The van der Waals surface area contributed by atoms with E-state index in [1.54, 1.807) is 0 Å². The third kappa shape index (κ3) is 4.80. The molecule has 0 aliphatic carbocycles. The van der Waals surface area contributed by atoms with Gasteiger partial charge in [-0.05, 0) is 51.5 Å². The zero-order valence-corrected chi connectivity index (χ0v) is 13.3. The van der Waals surface area contributed by atoms with Gasteiger partial charge in [0.2, 0.25) is 0 Å². The molecule has 2 rings (SSSR count). The van der Waals surface area contributed by atoms with Crippen molar-refractivity contribution in [2.75, 3.05) is 5.75 Å². The molecule has 0 radical (unpaired) electrons. The number of hydrogen-bond acceptors (Lipinski definition) is 2. The smallest absolute Gasteiger partial charge is 0.135 e. The molecule has 1 N–H and O–H groups in total. The largest absolute Gasteiger partial charge is 0.616 e. The number of benzene rings is 2. The minimum absolute atomic E-state index is 0.273. The van der Waals surface area contributed by atoms with Crippen molar-refractivity contribution in [3.8, 4) is 0 Å². The molecule has 2 nitrogen and oxygen atoms in total. The van der Waals surface area contributed by atoms with E-state index < -0.39 is 17.3 Å². The topological polar surface area (TPSA) is 43.3 Å². The van der Waals surface area contributed by atoms with Crippen molar-refractivity contribution in [1.29, 1.82) is 0 Å². The summed E-state index contributed by atoms with van der Waals surface area (Å²) in [5.74, 6) is 0.762. The van der Waals surface area contributed by atoms with Gasteiger partial charge in [-0.15, -0.1) is 0 Å². The highest BCUT2D eigenvalue weighted by atomic mass is 127. The van der Waals surface area contributed by atoms with E-state index >= 15 is 0 Å². The molecule has 0 heterocycles. The molecule has 0 fully saturated rings. The molecule has 0 spiro atoms. The molecule has 4 heteroatoms. The number of rotatable bonds is 5. The van der Waals surface area contributed by atoms with Crippen LogP contribution in [0.25, 0.3) is 0 Å². The molecule has 100 valence electrons. The van der Waals surface area contributed by atoms with Gasteiger partial charge in [-0.1, -0.05) is 42.5 Å². The normalized spacial score (nSPS) is 14.1. The van der Waals surface area contributed by atoms with Gasteiger partial charge >= 0.3 is 0 Å². The van der Waals surface area contributed by atoms with Crippen LogP contribution in [0.5, 0.6) is 0 Å². The Morgan fingerprint density at radius 3 is 2.32 bits per heavy atom. The zero-order chi connectivity index (χ0) is 13.7. The van der Waals surface area contributed by atoms with Crippen LogP contribution in [0, 0.1) is 3.57 Å². The van der Waals surface area contributed by atoms with Gasteiger partial charge in [0.15, 0.2) is 0 Å². The van der Waals surface area contributed by atoms with Gasteiger partial charge in [0.25, 0.3) is 0 Å². The lowest BCUT2D eigenvalue weighted by atomic mass is 10.1. The van der Waals surface area contributed by atoms with E-state index in [-0.39, 0.29) is 5.75 Å². The fourth-order valence-corrected chi connectivity index (χ4v) is 3.36. The highest BCUT2D eigenvalue weighted by Crippen LogP contribution is 2.18. The monoisotopic (exact) mass is 386 g/mol. The number of aliphatic hydroxyl groups excluding tert-OH is 1. The molecule has 2 aromatic carbocycles. The second-order valence-corrected chi connectivity index (χ2v) is 7.05. The molecule has 19 heavy (non-hydrogen) atoms. The maximum Gasteiger partial charge on any atom is 0.135 e. The average Bonchev–Trinajstić information content (AvgIpc) is 2.40. The molecule has 0 aromatic heterocycles. The van der Waals surface area contributed by atoms with Gasteiger partial charge in [-0.3, -0.25) is 0 Å². The maximum absolute atomic E-state index is 12.0. The van der Waals surface area contributed by atoms with Crippen molar-refractivity contribution >= 4 is 33.8 Å². The average molecular weight is 386 g/mol. The SMILES string of the molecule is [O-][S+](Cc1ccccc1)CC(O)c1ccc(I)cc1. The first-order valence-electron chi connectivity index (χ1n) is 5.97. The summed E-state index contributed by atoms with van der Waals surface area (Å²) in [7, 11) is 0. The summed E-state index contributed by atoms with van der Waals surface area (Å²) in [4.78, 5) is 0. The van der Waals surface area contributed by atoms with Crippen LogP contribution in [0.15, 0.2) is 54.6 Å². The Hall–Kier alpha value is -0.560. The van der Waals surface area contributed by atoms with Crippen molar-refractivity contribution in [2.24, 2.45) is 0 Å². The first kappa shape index (κ1) is 14.8. The van der Waals surface area contributed by atoms with E-state index in [0.717, 1.165) is 14.7 Å². The third-order valence-electron chi connectivity index (χ3n) is 2.77. The van der Waals surface area contributed by atoms with Gasteiger partial charge < -0.3 is 9.66 Å². The number of halogens is 1. The Bertz CT molecular complexity index is 501. The fourth-order valence-electron chi connectivity index (χ4n) is 1.78. The van der Waals surface area contributed by atoms with Crippen molar-refractivity contribution < 1.29 is 9.66 Å². The molecule has 0 aliphatic rings. The molecule has 0 saturated carbocycles. The summed E-state index contributed by atoms with van der Waals surface area (Å²) >= 11 is 1.16. The Labute approximate surface area is 130 Å². The quantitative estimate of drug-likeness (QED) is 0.633. The molecular weight excluding hydrogens is 371 g/mol. The Kier molecular flexibility index (Phi) is 5.69. The molecule has 2 atom stereocenters. The predicted octanol–water partition coefficient (Wildman–Crippen LogP) is 3.27. The highest BCUT2D eigenvalue weighted by molar-refractivity contribution is 14.1. The molecular formula is C15H15IO2S. The van der Waals surface area contributed by atoms with Crippen LogP contribution in [0.2, 0.25) is 0 Å². The Balaban J connectivity index is 1.91. The van der Waals surface area contributed by atoms with Gasteiger partial charge in [0.05, 0.1) is 0 Å². The summed E-state index contributed by atoms with van der Waals surface area (Å²) in [6.45, 7) is 0. The van der Waals surface area contributed by atoms with Crippen molar-refractivity contribution in [2.45, 2.75) is 11.9 Å². The molecule has 2 aromatic rings. The first-order valence-corrected chi connectivity index (χ1v) is 8.54. The second kappa shape index (κ2) is 7.28. The van der Waals surface area contributed by atoms with Crippen LogP contribution in [0.3, 0.4) is 0 Å². The van der Waals surface area contributed by atoms with E-state index in [2.05, 4.69) is 22.6 Å². The van der Waals surface area contributed by atoms with Crippen LogP contribution in [0.4, 0.5) is 0 Å². The van der Waals surface area contributed by atoms with E-state index in [0.29, 0.717) is 5.75 Å². The minimum Gasteiger partial charge on any atom is -0.616 e. The summed E-state index contributed by atoms with van der Waals surface area (Å²) in [6.07, 6.45) is -0.665. The van der Waals surface area contributed by atoms with Crippen LogP contribution in [-0.2, 0) is 16.9 Å². The molecule has 0 amide bonds. The van der Waals surface area contributed by atoms with E-state index in [9.17, 15) is 9.66 Å². The minimum atomic E-state index is -1.06. The number of aliphatic hydroxyl groups is 1. The van der Waals surface area contributed by atoms with Crippen molar-refractivity contribution in [3.63, 3.8) is 0 Å². The molecule has 0 aliphatic heterocycles. The lowest BCUT2D eigenvalue weighted by Gasteiger charge is -2.15. The highest BCUT2D eigenvalue weighted by Gasteiger charge is 2.16. The lowest BCUT2D eigenvalue weighted by molar-refractivity contribution is 0.201. The van der Waals surface area contributed by atoms with Gasteiger partial charge in [-0.25, -0.2) is 0 Å². The van der Waals surface area contributed by atoms with E-state index in [1.165, 1.54) is 0 Å². The second-order valence-electron chi connectivity index (χ2n) is 4.30. The fraction of sp³-hybridized carbons (Fsp3) is 0.200. The van der Waals surface area contributed by atoms with Gasteiger partial charge in [-0.2, -0.15) is 0 Å².